The lowest BCUT2D eigenvalue weighted by Crippen LogP contribution is -2.20. The Balaban J connectivity index is 1.49. The minimum absolute atomic E-state index is 0.234. The first-order valence-electron chi connectivity index (χ1n) is 11.1. The maximum atomic E-state index is 13.2. The summed E-state index contributed by atoms with van der Waals surface area (Å²) in [6, 6.07) is 28.1. The van der Waals surface area contributed by atoms with Crippen LogP contribution in [-0.4, -0.2) is 24.8 Å². The molecule has 0 bridgehead atoms. The largest absolute Gasteiger partial charge is 0.497 e. The predicted octanol–water partition coefficient (Wildman–Crippen LogP) is 6.38. The number of ketones is 1. The fourth-order valence-corrected chi connectivity index (χ4v) is 3.60. The van der Waals surface area contributed by atoms with E-state index >= 15 is 0 Å². The number of benzene rings is 4. The van der Waals surface area contributed by atoms with Gasteiger partial charge in [-0.3, -0.25) is 9.59 Å². The Bertz CT molecular complexity index is 1350. The molecule has 4 aromatic rings. The highest BCUT2D eigenvalue weighted by Gasteiger charge is 2.27. The van der Waals surface area contributed by atoms with E-state index in [9.17, 15) is 14.4 Å². The highest BCUT2D eigenvalue weighted by molar-refractivity contribution is 6.30. The fraction of sp³-hybridized carbons (Fsp3) is 0.0690. The van der Waals surface area contributed by atoms with Gasteiger partial charge in [-0.15, -0.1) is 0 Å². The second kappa shape index (κ2) is 11.3. The Morgan fingerprint density at radius 3 is 1.94 bits per heavy atom. The van der Waals surface area contributed by atoms with Crippen molar-refractivity contribution in [1.29, 1.82) is 0 Å². The van der Waals surface area contributed by atoms with Crippen LogP contribution in [0.15, 0.2) is 103 Å². The number of Topliss-reactive ketones (excluding diaryl/α,β-unsaturated/α-hetero) is 1. The molecule has 36 heavy (non-hydrogen) atoms. The van der Waals surface area contributed by atoms with Gasteiger partial charge in [0, 0.05) is 27.4 Å². The number of carbonyl (C=O) groups excluding carboxylic acids is 3. The van der Waals surface area contributed by atoms with Crippen LogP contribution >= 0.6 is 11.6 Å². The summed E-state index contributed by atoms with van der Waals surface area (Å²) >= 11 is 5.99. The van der Waals surface area contributed by atoms with Crippen molar-refractivity contribution in [3.8, 4) is 5.75 Å². The second-order valence-corrected chi connectivity index (χ2v) is 8.26. The molecule has 0 spiro atoms. The number of ether oxygens (including phenoxy) is 2. The number of nitrogens with one attached hydrogen (secondary N) is 1. The fourth-order valence-electron chi connectivity index (χ4n) is 3.47. The molecule has 0 heterocycles. The van der Waals surface area contributed by atoms with Crippen molar-refractivity contribution < 1.29 is 23.9 Å². The average Bonchev–Trinajstić information content (AvgIpc) is 2.92. The van der Waals surface area contributed by atoms with Gasteiger partial charge in [0.25, 0.3) is 5.91 Å². The molecule has 0 unspecified atom stereocenters. The molecule has 0 saturated carbocycles. The van der Waals surface area contributed by atoms with Crippen molar-refractivity contribution in [3.63, 3.8) is 0 Å². The summed E-state index contributed by atoms with van der Waals surface area (Å²) in [4.78, 5) is 38.6. The standard InChI is InChI=1S/C29H22ClNO5/c1-35-25-17-11-21(12-18-25)28(33)31-24-15-9-22(10-16-24)29(34)36-27(20-7-13-23(30)14-8-20)26(32)19-5-3-2-4-6-19/h2-18,27H,1H3,(H,31,33)/t27-/m1/s1. The van der Waals surface area contributed by atoms with Gasteiger partial charge in [0.05, 0.1) is 12.7 Å². The van der Waals surface area contributed by atoms with Crippen molar-refractivity contribution in [2.45, 2.75) is 6.10 Å². The molecular formula is C29H22ClNO5. The normalized spacial score (nSPS) is 11.3. The first-order valence-corrected chi connectivity index (χ1v) is 11.4. The number of anilines is 1. The van der Waals surface area contributed by atoms with Crippen LogP contribution < -0.4 is 10.1 Å². The van der Waals surface area contributed by atoms with E-state index < -0.39 is 12.1 Å². The van der Waals surface area contributed by atoms with Crippen molar-refractivity contribution in [2.24, 2.45) is 0 Å². The van der Waals surface area contributed by atoms with Gasteiger partial charge >= 0.3 is 5.97 Å². The highest BCUT2D eigenvalue weighted by Crippen LogP contribution is 2.26. The molecule has 1 amide bonds. The number of hydrogen-bond donors (Lipinski definition) is 1. The molecule has 6 nitrogen and oxygen atoms in total. The maximum Gasteiger partial charge on any atom is 0.339 e. The SMILES string of the molecule is COc1ccc(C(=O)Nc2ccc(C(=O)O[C@@H](C(=O)c3ccccc3)c3ccc(Cl)cc3)cc2)cc1. The summed E-state index contributed by atoms with van der Waals surface area (Å²) in [5.41, 5.74) is 2.12. The first-order chi connectivity index (χ1) is 17.4. The van der Waals surface area contributed by atoms with Crippen molar-refractivity contribution >= 4 is 34.9 Å². The number of rotatable bonds is 8. The van der Waals surface area contributed by atoms with E-state index in [2.05, 4.69) is 5.32 Å². The van der Waals surface area contributed by atoms with Gasteiger partial charge < -0.3 is 14.8 Å². The van der Waals surface area contributed by atoms with E-state index in [0.29, 0.717) is 33.1 Å². The van der Waals surface area contributed by atoms with E-state index in [4.69, 9.17) is 21.1 Å². The van der Waals surface area contributed by atoms with Crippen LogP contribution in [0.1, 0.15) is 42.7 Å². The molecule has 7 heteroatoms. The molecule has 0 aliphatic carbocycles. The molecule has 180 valence electrons. The van der Waals surface area contributed by atoms with Gasteiger partial charge in [-0.1, -0.05) is 54.1 Å². The van der Waals surface area contributed by atoms with Gasteiger partial charge in [-0.05, 0) is 60.7 Å². The second-order valence-electron chi connectivity index (χ2n) is 7.83. The van der Waals surface area contributed by atoms with Gasteiger partial charge in [0.2, 0.25) is 5.78 Å². The quantitative estimate of drug-likeness (QED) is 0.224. The summed E-state index contributed by atoms with van der Waals surface area (Å²) in [7, 11) is 1.55. The van der Waals surface area contributed by atoms with Crippen molar-refractivity contribution in [3.05, 3.63) is 130 Å². The molecule has 4 aromatic carbocycles. The Labute approximate surface area is 213 Å². The number of methoxy groups -OCH3 is 1. The predicted molar refractivity (Wildman–Crippen MR) is 138 cm³/mol. The minimum Gasteiger partial charge on any atom is -0.497 e. The van der Waals surface area contributed by atoms with Gasteiger partial charge in [0.15, 0.2) is 6.10 Å². The molecule has 1 N–H and O–H groups in total. The summed E-state index contributed by atoms with van der Waals surface area (Å²) < 4.78 is 10.8. The van der Waals surface area contributed by atoms with E-state index in [1.807, 2.05) is 0 Å². The third-order valence-corrected chi connectivity index (χ3v) is 5.68. The lowest BCUT2D eigenvalue weighted by atomic mass is 9.99. The van der Waals surface area contributed by atoms with Crippen LogP contribution in [0.25, 0.3) is 0 Å². The zero-order valence-electron chi connectivity index (χ0n) is 19.3. The molecule has 0 fully saturated rings. The third-order valence-electron chi connectivity index (χ3n) is 5.42. The smallest absolute Gasteiger partial charge is 0.339 e. The van der Waals surface area contributed by atoms with Crippen molar-refractivity contribution in [2.75, 3.05) is 12.4 Å². The van der Waals surface area contributed by atoms with Gasteiger partial charge in [0.1, 0.15) is 5.75 Å². The highest BCUT2D eigenvalue weighted by atomic mass is 35.5. The summed E-state index contributed by atoms with van der Waals surface area (Å²) in [5.74, 6) is -0.678. The van der Waals surface area contributed by atoms with E-state index in [1.54, 1.807) is 98.1 Å². The minimum atomic E-state index is -1.15. The number of halogens is 1. The monoisotopic (exact) mass is 499 g/mol. The van der Waals surface area contributed by atoms with Gasteiger partial charge in [-0.25, -0.2) is 4.79 Å². The zero-order valence-corrected chi connectivity index (χ0v) is 20.1. The van der Waals surface area contributed by atoms with Crippen LogP contribution in [-0.2, 0) is 4.74 Å². The lowest BCUT2D eigenvalue weighted by molar-refractivity contribution is 0.0280. The molecule has 0 saturated heterocycles. The van der Waals surface area contributed by atoms with Crippen LogP contribution in [0.2, 0.25) is 5.02 Å². The summed E-state index contributed by atoms with van der Waals surface area (Å²) in [5, 5.41) is 3.28. The van der Waals surface area contributed by atoms with Crippen LogP contribution in [0.4, 0.5) is 5.69 Å². The van der Waals surface area contributed by atoms with Crippen LogP contribution in [0.3, 0.4) is 0 Å². The van der Waals surface area contributed by atoms with E-state index in [-0.39, 0.29) is 17.3 Å². The third kappa shape index (κ3) is 5.98. The van der Waals surface area contributed by atoms with Crippen LogP contribution in [0, 0.1) is 0 Å². The summed E-state index contributed by atoms with van der Waals surface area (Å²) in [6.07, 6.45) is -1.15. The Kier molecular flexibility index (Phi) is 7.78. The number of amides is 1. The molecule has 0 aromatic heterocycles. The van der Waals surface area contributed by atoms with E-state index in [0.717, 1.165) is 0 Å². The Morgan fingerprint density at radius 2 is 1.33 bits per heavy atom. The molecule has 1 atom stereocenters. The Hall–Kier alpha value is -4.42. The average molecular weight is 500 g/mol. The number of hydrogen-bond acceptors (Lipinski definition) is 5. The van der Waals surface area contributed by atoms with Crippen LogP contribution in [0.5, 0.6) is 5.75 Å². The number of esters is 1. The molecule has 4 rings (SSSR count). The number of carbonyl (C=O) groups is 3. The van der Waals surface area contributed by atoms with E-state index in [1.165, 1.54) is 12.1 Å². The van der Waals surface area contributed by atoms with Crippen molar-refractivity contribution in [1.82, 2.24) is 0 Å². The first kappa shape index (κ1) is 24.7. The zero-order chi connectivity index (χ0) is 25.5. The summed E-state index contributed by atoms with van der Waals surface area (Å²) in [6.45, 7) is 0. The Morgan fingerprint density at radius 1 is 0.722 bits per heavy atom. The molecular weight excluding hydrogens is 478 g/mol. The molecule has 0 aliphatic heterocycles. The topological polar surface area (TPSA) is 81.7 Å². The molecule has 0 aliphatic rings. The lowest BCUT2D eigenvalue weighted by Gasteiger charge is -2.18. The molecule has 0 radical (unpaired) electrons. The maximum absolute atomic E-state index is 13.2. The van der Waals surface area contributed by atoms with Gasteiger partial charge in [-0.2, -0.15) is 0 Å².